The third-order valence-corrected chi connectivity index (χ3v) is 4.75. The van der Waals surface area contributed by atoms with Gasteiger partial charge in [0.25, 0.3) is 5.91 Å². The predicted molar refractivity (Wildman–Crippen MR) is 97.9 cm³/mol. The van der Waals surface area contributed by atoms with Gasteiger partial charge in [-0.1, -0.05) is 36.4 Å². The number of nitrogens with zero attached hydrogens (tertiary/aromatic N) is 1. The maximum Gasteiger partial charge on any atom is 0.251 e. The molecular formula is C19H17N3OS. The van der Waals surface area contributed by atoms with Crippen molar-refractivity contribution in [1.29, 1.82) is 0 Å². The van der Waals surface area contributed by atoms with Gasteiger partial charge in [-0.15, -0.1) is 11.3 Å². The van der Waals surface area contributed by atoms with Crippen LogP contribution < -0.4 is 11.1 Å². The molecule has 120 valence electrons. The Morgan fingerprint density at radius 2 is 1.83 bits per heavy atom. The molecule has 0 saturated heterocycles. The van der Waals surface area contributed by atoms with Crippen LogP contribution >= 0.6 is 11.3 Å². The van der Waals surface area contributed by atoms with Crippen LogP contribution in [0.4, 0.5) is 5.13 Å². The molecule has 5 heteroatoms. The van der Waals surface area contributed by atoms with Gasteiger partial charge in [-0.3, -0.25) is 4.79 Å². The Bertz CT molecular complexity index is 882. The average Bonchev–Trinajstić information content (AvgIpc) is 3.32. The summed E-state index contributed by atoms with van der Waals surface area (Å²) in [6, 6.07) is 16.2. The number of carbonyl (C=O) groups excluding carboxylic acids is 1. The fraction of sp³-hybridized carbons (Fsp3) is 0.158. The number of carbonyl (C=O) groups is 1. The highest BCUT2D eigenvalue weighted by molar-refractivity contribution is 7.13. The van der Waals surface area contributed by atoms with Gasteiger partial charge >= 0.3 is 0 Å². The van der Waals surface area contributed by atoms with Crippen LogP contribution in [0.5, 0.6) is 0 Å². The van der Waals surface area contributed by atoms with Crippen LogP contribution in [0.3, 0.4) is 0 Å². The Hall–Kier alpha value is -2.66. The van der Waals surface area contributed by atoms with Crippen molar-refractivity contribution in [2.75, 3.05) is 5.73 Å². The average molecular weight is 335 g/mol. The summed E-state index contributed by atoms with van der Waals surface area (Å²) in [6.45, 7) is 0. The highest BCUT2D eigenvalue weighted by Crippen LogP contribution is 2.27. The lowest BCUT2D eigenvalue weighted by Crippen LogP contribution is -2.25. The second kappa shape index (κ2) is 6.09. The van der Waals surface area contributed by atoms with E-state index in [1.807, 2.05) is 53.9 Å². The number of rotatable bonds is 4. The molecular weight excluding hydrogens is 318 g/mol. The van der Waals surface area contributed by atoms with Crippen molar-refractivity contribution < 1.29 is 4.79 Å². The number of amides is 1. The first-order valence-corrected chi connectivity index (χ1v) is 8.80. The van der Waals surface area contributed by atoms with E-state index in [4.69, 9.17) is 5.73 Å². The third kappa shape index (κ3) is 3.16. The van der Waals surface area contributed by atoms with Crippen molar-refractivity contribution in [3.63, 3.8) is 0 Å². The first-order valence-electron chi connectivity index (χ1n) is 7.92. The van der Waals surface area contributed by atoms with Crippen molar-refractivity contribution >= 4 is 22.4 Å². The van der Waals surface area contributed by atoms with Gasteiger partial charge in [-0.05, 0) is 36.1 Å². The van der Waals surface area contributed by atoms with Crippen molar-refractivity contribution in [1.82, 2.24) is 10.3 Å². The quantitative estimate of drug-likeness (QED) is 0.758. The molecule has 0 unspecified atom stereocenters. The molecule has 3 aromatic rings. The first-order chi connectivity index (χ1) is 11.7. The van der Waals surface area contributed by atoms with Crippen LogP contribution in [-0.2, 0) is 0 Å². The van der Waals surface area contributed by atoms with E-state index in [9.17, 15) is 4.79 Å². The van der Waals surface area contributed by atoms with E-state index in [2.05, 4.69) is 10.3 Å². The summed E-state index contributed by atoms with van der Waals surface area (Å²) in [4.78, 5) is 16.5. The minimum absolute atomic E-state index is 0.00826. The summed E-state index contributed by atoms with van der Waals surface area (Å²) in [7, 11) is 0. The lowest BCUT2D eigenvalue weighted by Gasteiger charge is -2.07. The van der Waals surface area contributed by atoms with Crippen molar-refractivity contribution in [2.45, 2.75) is 18.9 Å². The summed E-state index contributed by atoms with van der Waals surface area (Å²) in [5, 5.41) is 5.55. The van der Waals surface area contributed by atoms with Crippen molar-refractivity contribution in [3.05, 3.63) is 59.5 Å². The zero-order chi connectivity index (χ0) is 16.5. The van der Waals surface area contributed by atoms with E-state index in [0.717, 1.165) is 35.2 Å². The standard InChI is InChI=1S/C19H17N3OS/c20-19-22-17(11-24-19)13-6-4-12(5-7-13)14-2-1-3-15(10-14)18(23)21-16-8-9-16/h1-7,10-11,16H,8-9H2,(H2,20,22)(H,21,23). The summed E-state index contributed by atoms with van der Waals surface area (Å²) in [5.41, 5.74) is 10.4. The van der Waals surface area contributed by atoms with Crippen LogP contribution in [0, 0.1) is 0 Å². The second-order valence-electron chi connectivity index (χ2n) is 5.98. The number of benzene rings is 2. The molecule has 1 fully saturated rings. The third-order valence-electron chi connectivity index (χ3n) is 4.07. The predicted octanol–water partition coefficient (Wildman–Crippen LogP) is 3.95. The number of aromatic nitrogens is 1. The van der Waals surface area contributed by atoms with Gasteiger partial charge in [0.15, 0.2) is 5.13 Å². The molecule has 0 aliphatic heterocycles. The molecule has 1 saturated carbocycles. The van der Waals surface area contributed by atoms with Gasteiger partial charge < -0.3 is 11.1 Å². The lowest BCUT2D eigenvalue weighted by molar-refractivity contribution is 0.0951. The van der Waals surface area contributed by atoms with Crippen LogP contribution in [0.2, 0.25) is 0 Å². The van der Waals surface area contributed by atoms with E-state index in [0.29, 0.717) is 16.7 Å². The summed E-state index contributed by atoms with van der Waals surface area (Å²) in [5.74, 6) is 0.00826. The second-order valence-corrected chi connectivity index (χ2v) is 6.87. The van der Waals surface area contributed by atoms with E-state index in [1.54, 1.807) is 0 Å². The largest absolute Gasteiger partial charge is 0.375 e. The minimum Gasteiger partial charge on any atom is -0.375 e. The SMILES string of the molecule is Nc1nc(-c2ccc(-c3cccc(C(=O)NC4CC4)c3)cc2)cs1. The Morgan fingerprint density at radius 3 is 2.50 bits per heavy atom. The van der Waals surface area contributed by atoms with Crippen molar-refractivity contribution in [3.8, 4) is 22.4 Å². The molecule has 4 nitrogen and oxygen atoms in total. The topological polar surface area (TPSA) is 68.0 Å². The molecule has 1 heterocycles. The summed E-state index contributed by atoms with van der Waals surface area (Å²) >= 11 is 1.44. The molecule has 24 heavy (non-hydrogen) atoms. The Balaban J connectivity index is 1.58. The molecule has 0 radical (unpaired) electrons. The number of thiazole rings is 1. The number of nitrogens with two attached hydrogens (primary N) is 1. The maximum absolute atomic E-state index is 12.2. The summed E-state index contributed by atoms with van der Waals surface area (Å²) < 4.78 is 0. The Morgan fingerprint density at radius 1 is 1.08 bits per heavy atom. The highest BCUT2D eigenvalue weighted by Gasteiger charge is 2.23. The normalized spacial score (nSPS) is 13.7. The molecule has 0 bridgehead atoms. The van der Waals surface area contributed by atoms with Crippen molar-refractivity contribution in [2.24, 2.45) is 0 Å². The Labute approximate surface area is 144 Å². The van der Waals surface area contributed by atoms with Crippen LogP contribution in [0.1, 0.15) is 23.2 Å². The zero-order valence-electron chi connectivity index (χ0n) is 13.0. The number of hydrogen-bond donors (Lipinski definition) is 2. The fourth-order valence-electron chi connectivity index (χ4n) is 2.59. The molecule has 3 N–H and O–H groups in total. The monoisotopic (exact) mass is 335 g/mol. The molecule has 0 atom stereocenters. The number of nitrogen functional groups attached to an aromatic ring is 1. The van der Waals surface area contributed by atoms with Gasteiger partial charge in [0.2, 0.25) is 0 Å². The van der Waals surface area contributed by atoms with E-state index >= 15 is 0 Å². The van der Waals surface area contributed by atoms with Gasteiger partial charge in [0, 0.05) is 22.5 Å². The van der Waals surface area contributed by atoms with Crippen LogP contribution in [-0.4, -0.2) is 16.9 Å². The number of hydrogen-bond acceptors (Lipinski definition) is 4. The molecule has 0 spiro atoms. The smallest absolute Gasteiger partial charge is 0.251 e. The number of nitrogens with one attached hydrogen (secondary N) is 1. The lowest BCUT2D eigenvalue weighted by atomic mass is 10.0. The van der Waals surface area contributed by atoms with Crippen LogP contribution in [0.25, 0.3) is 22.4 Å². The van der Waals surface area contributed by atoms with Gasteiger partial charge in [-0.2, -0.15) is 0 Å². The molecule has 1 aliphatic carbocycles. The Kier molecular flexibility index (Phi) is 3.78. The zero-order valence-corrected chi connectivity index (χ0v) is 13.8. The van der Waals surface area contributed by atoms with E-state index < -0.39 is 0 Å². The van der Waals surface area contributed by atoms with Gasteiger partial charge in [0.1, 0.15) is 0 Å². The number of anilines is 1. The van der Waals surface area contributed by atoms with E-state index in [1.165, 1.54) is 11.3 Å². The minimum atomic E-state index is 0.00826. The molecule has 1 aromatic heterocycles. The maximum atomic E-state index is 12.2. The van der Waals surface area contributed by atoms with Crippen LogP contribution in [0.15, 0.2) is 53.9 Å². The highest BCUT2D eigenvalue weighted by atomic mass is 32.1. The molecule has 1 aliphatic rings. The van der Waals surface area contributed by atoms with Gasteiger partial charge in [0.05, 0.1) is 5.69 Å². The first kappa shape index (κ1) is 14.9. The van der Waals surface area contributed by atoms with E-state index in [-0.39, 0.29) is 5.91 Å². The van der Waals surface area contributed by atoms with Gasteiger partial charge in [-0.25, -0.2) is 4.98 Å². The molecule has 2 aromatic carbocycles. The fourth-order valence-corrected chi connectivity index (χ4v) is 3.16. The summed E-state index contributed by atoms with van der Waals surface area (Å²) in [6.07, 6.45) is 2.18. The molecule has 1 amide bonds. The molecule has 4 rings (SSSR count).